The quantitative estimate of drug-likeness (QED) is 0.639. The van der Waals surface area contributed by atoms with Gasteiger partial charge in [-0.15, -0.1) is 0 Å². The standard InChI is InChI=1S/C9H21N3S/c1-5-12(7-9(10)13)8(2)6-11(3)4/h8H,5-7H2,1-4H3,(H2,10,13). The molecule has 0 aromatic heterocycles. The van der Waals surface area contributed by atoms with Crippen LogP contribution >= 0.6 is 12.2 Å². The second-order valence-corrected chi connectivity index (χ2v) is 4.17. The van der Waals surface area contributed by atoms with E-state index in [1.54, 1.807) is 0 Å². The lowest BCUT2D eigenvalue weighted by atomic mass is 10.2. The Kier molecular flexibility index (Phi) is 6.20. The van der Waals surface area contributed by atoms with Gasteiger partial charge in [0.15, 0.2) is 0 Å². The van der Waals surface area contributed by atoms with Crippen LogP contribution in [0.2, 0.25) is 0 Å². The van der Waals surface area contributed by atoms with Gasteiger partial charge in [0.25, 0.3) is 0 Å². The molecule has 0 amide bonds. The largest absolute Gasteiger partial charge is 0.392 e. The van der Waals surface area contributed by atoms with Crippen molar-refractivity contribution in [3.05, 3.63) is 0 Å². The van der Waals surface area contributed by atoms with Crippen molar-refractivity contribution in [3.8, 4) is 0 Å². The molecule has 0 aromatic carbocycles. The summed E-state index contributed by atoms with van der Waals surface area (Å²) in [5.74, 6) is 0. The molecule has 4 heteroatoms. The van der Waals surface area contributed by atoms with Gasteiger partial charge in [-0.2, -0.15) is 0 Å². The molecule has 0 bridgehead atoms. The number of thiocarbonyl (C=S) groups is 1. The summed E-state index contributed by atoms with van der Waals surface area (Å²) in [5, 5.41) is 0. The average Bonchev–Trinajstić information content (AvgIpc) is 1.98. The van der Waals surface area contributed by atoms with Gasteiger partial charge in [-0.3, -0.25) is 4.90 Å². The lowest BCUT2D eigenvalue weighted by Crippen LogP contribution is -2.43. The van der Waals surface area contributed by atoms with Gasteiger partial charge in [-0.1, -0.05) is 19.1 Å². The number of nitrogens with zero attached hydrogens (tertiary/aromatic N) is 2. The summed E-state index contributed by atoms with van der Waals surface area (Å²) in [6.45, 7) is 7.08. The molecule has 13 heavy (non-hydrogen) atoms. The van der Waals surface area contributed by atoms with Gasteiger partial charge >= 0.3 is 0 Å². The molecule has 1 atom stereocenters. The zero-order valence-corrected chi connectivity index (χ0v) is 9.90. The van der Waals surface area contributed by atoms with Crippen LogP contribution in [0.25, 0.3) is 0 Å². The van der Waals surface area contributed by atoms with Crippen LogP contribution in [0, 0.1) is 0 Å². The Bertz CT molecular complexity index is 159. The van der Waals surface area contributed by atoms with Crippen LogP contribution in [-0.4, -0.2) is 54.6 Å². The molecule has 0 aliphatic carbocycles. The third-order valence-electron chi connectivity index (χ3n) is 2.02. The molecule has 0 aromatic rings. The van der Waals surface area contributed by atoms with E-state index in [0.717, 1.165) is 19.6 Å². The molecule has 0 spiro atoms. The molecule has 0 aliphatic rings. The van der Waals surface area contributed by atoms with Crippen molar-refractivity contribution in [2.75, 3.05) is 33.7 Å². The van der Waals surface area contributed by atoms with E-state index < -0.39 is 0 Å². The normalized spacial score (nSPS) is 13.7. The zero-order chi connectivity index (χ0) is 10.4. The Morgan fingerprint density at radius 3 is 2.31 bits per heavy atom. The molecular weight excluding hydrogens is 182 g/mol. The van der Waals surface area contributed by atoms with E-state index in [1.165, 1.54) is 0 Å². The molecule has 78 valence electrons. The lowest BCUT2D eigenvalue weighted by molar-refractivity contribution is 0.204. The van der Waals surface area contributed by atoms with Gasteiger partial charge in [0.2, 0.25) is 0 Å². The summed E-state index contributed by atoms with van der Waals surface area (Å²) in [6, 6.07) is 0.501. The van der Waals surface area contributed by atoms with Crippen molar-refractivity contribution in [1.82, 2.24) is 9.80 Å². The first kappa shape index (κ1) is 12.8. The average molecular weight is 203 g/mol. The van der Waals surface area contributed by atoms with Gasteiger partial charge in [-0.05, 0) is 27.6 Å². The molecule has 1 unspecified atom stereocenters. The number of hydrogen-bond acceptors (Lipinski definition) is 3. The van der Waals surface area contributed by atoms with Crippen molar-refractivity contribution in [3.63, 3.8) is 0 Å². The topological polar surface area (TPSA) is 32.5 Å². The Morgan fingerprint density at radius 1 is 1.46 bits per heavy atom. The Hall–Kier alpha value is -0.190. The van der Waals surface area contributed by atoms with Crippen molar-refractivity contribution in [2.24, 2.45) is 5.73 Å². The fourth-order valence-electron chi connectivity index (χ4n) is 1.42. The maximum Gasteiger partial charge on any atom is 0.0870 e. The highest BCUT2D eigenvalue weighted by Crippen LogP contribution is 1.99. The van der Waals surface area contributed by atoms with Gasteiger partial charge in [-0.25, -0.2) is 0 Å². The van der Waals surface area contributed by atoms with E-state index in [2.05, 4.69) is 37.7 Å². The second kappa shape index (κ2) is 6.29. The minimum atomic E-state index is 0.501. The van der Waals surface area contributed by atoms with Crippen LogP contribution in [0.1, 0.15) is 13.8 Å². The van der Waals surface area contributed by atoms with E-state index in [4.69, 9.17) is 18.0 Å². The van der Waals surface area contributed by atoms with Gasteiger partial charge < -0.3 is 10.6 Å². The summed E-state index contributed by atoms with van der Waals surface area (Å²) in [4.78, 5) is 5.03. The number of nitrogens with two attached hydrogens (primary N) is 1. The predicted molar refractivity (Wildman–Crippen MR) is 62.0 cm³/mol. The molecule has 0 heterocycles. The van der Waals surface area contributed by atoms with E-state index in [0.29, 0.717) is 11.0 Å². The van der Waals surface area contributed by atoms with E-state index >= 15 is 0 Å². The maximum absolute atomic E-state index is 5.51. The van der Waals surface area contributed by atoms with Crippen molar-refractivity contribution in [1.29, 1.82) is 0 Å². The Balaban J connectivity index is 3.98. The van der Waals surface area contributed by atoms with Crippen LogP contribution < -0.4 is 5.73 Å². The molecule has 2 N–H and O–H groups in total. The SMILES string of the molecule is CCN(CC(N)=S)C(C)CN(C)C. The van der Waals surface area contributed by atoms with Crippen molar-refractivity contribution < 1.29 is 0 Å². The van der Waals surface area contributed by atoms with Crippen molar-refractivity contribution in [2.45, 2.75) is 19.9 Å². The summed E-state index contributed by atoms with van der Waals surface area (Å²) in [6.07, 6.45) is 0. The lowest BCUT2D eigenvalue weighted by Gasteiger charge is -2.29. The first-order valence-electron chi connectivity index (χ1n) is 4.64. The Labute approximate surface area is 86.9 Å². The third kappa shape index (κ3) is 5.96. The number of hydrogen-bond donors (Lipinski definition) is 1. The van der Waals surface area contributed by atoms with Crippen LogP contribution in [-0.2, 0) is 0 Å². The molecule has 0 rings (SSSR count). The fourth-order valence-corrected chi connectivity index (χ4v) is 1.59. The molecule has 0 saturated heterocycles. The van der Waals surface area contributed by atoms with E-state index in [-0.39, 0.29) is 0 Å². The molecule has 0 fully saturated rings. The summed E-state index contributed by atoms with van der Waals surface area (Å²) < 4.78 is 0. The minimum absolute atomic E-state index is 0.501. The summed E-state index contributed by atoms with van der Waals surface area (Å²) in [7, 11) is 4.15. The summed E-state index contributed by atoms with van der Waals surface area (Å²) in [5.41, 5.74) is 5.51. The van der Waals surface area contributed by atoms with Crippen LogP contribution in [0.3, 0.4) is 0 Å². The maximum atomic E-state index is 5.51. The molecule has 3 nitrogen and oxygen atoms in total. The van der Waals surface area contributed by atoms with E-state index in [1.807, 2.05) is 0 Å². The molecule has 0 aliphatic heterocycles. The molecule has 0 saturated carbocycles. The highest BCUT2D eigenvalue weighted by atomic mass is 32.1. The van der Waals surface area contributed by atoms with Crippen LogP contribution in [0.4, 0.5) is 0 Å². The fraction of sp³-hybridized carbons (Fsp3) is 0.889. The number of rotatable bonds is 6. The van der Waals surface area contributed by atoms with Gasteiger partial charge in [0.1, 0.15) is 0 Å². The first-order valence-corrected chi connectivity index (χ1v) is 5.05. The smallest absolute Gasteiger partial charge is 0.0870 e. The van der Waals surface area contributed by atoms with Crippen LogP contribution in [0.15, 0.2) is 0 Å². The highest BCUT2D eigenvalue weighted by Gasteiger charge is 2.12. The summed E-state index contributed by atoms with van der Waals surface area (Å²) >= 11 is 4.89. The Morgan fingerprint density at radius 2 is 2.00 bits per heavy atom. The van der Waals surface area contributed by atoms with Gasteiger partial charge in [0.05, 0.1) is 4.99 Å². The predicted octanol–water partition coefficient (Wildman–Crippen LogP) is 0.545. The van der Waals surface area contributed by atoms with Gasteiger partial charge in [0, 0.05) is 19.1 Å². The highest BCUT2D eigenvalue weighted by molar-refractivity contribution is 7.80. The number of likely N-dealkylation sites (N-methyl/N-ethyl adjacent to an activating group) is 2. The van der Waals surface area contributed by atoms with Crippen molar-refractivity contribution >= 4 is 17.2 Å². The second-order valence-electron chi connectivity index (χ2n) is 3.64. The molecule has 0 radical (unpaired) electrons. The van der Waals surface area contributed by atoms with Crippen LogP contribution in [0.5, 0.6) is 0 Å². The van der Waals surface area contributed by atoms with E-state index in [9.17, 15) is 0 Å². The third-order valence-corrected chi connectivity index (χ3v) is 2.15. The monoisotopic (exact) mass is 203 g/mol. The minimum Gasteiger partial charge on any atom is -0.392 e. The first-order chi connectivity index (χ1) is 5.97. The zero-order valence-electron chi connectivity index (χ0n) is 9.08. The molecular formula is C9H21N3S.